The number of benzene rings is 1. The summed E-state index contributed by atoms with van der Waals surface area (Å²) in [5.41, 5.74) is 1.14. The maximum Gasteiger partial charge on any atom is 0.341 e. The fourth-order valence-corrected chi connectivity index (χ4v) is 2.89. The third-order valence-corrected chi connectivity index (χ3v) is 4.29. The Kier molecular flexibility index (Phi) is 7.54. The second-order valence-electron chi connectivity index (χ2n) is 5.67. The first-order valence-corrected chi connectivity index (χ1v) is 8.82. The van der Waals surface area contributed by atoms with E-state index in [0.29, 0.717) is 21.2 Å². The van der Waals surface area contributed by atoms with E-state index >= 15 is 0 Å². The molecule has 1 heterocycles. The van der Waals surface area contributed by atoms with Gasteiger partial charge in [0, 0.05) is 28.9 Å². The van der Waals surface area contributed by atoms with Crippen molar-refractivity contribution in [2.75, 3.05) is 6.61 Å². The van der Waals surface area contributed by atoms with Crippen LogP contribution in [0, 0.1) is 11.3 Å². The number of Topliss-reactive ketones (excluding diaryl/α,β-unsaturated/α-hetero) is 1. The minimum Gasteiger partial charge on any atom is -0.462 e. The van der Waals surface area contributed by atoms with Crippen LogP contribution in [0.15, 0.2) is 48.3 Å². The zero-order valence-corrected chi connectivity index (χ0v) is 16.0. The Bertz CT molecular complexity index is 905. The van der Waals surface area contributed by atoms with Crippen molar-refractivity contribution in [1.82, 2.24) is 4.98 Å². The summed E-state index contributed by atoms with van der Waals surface area (Å²) in [6.45, 7) is 1.25. The number of ketones is 1. The van der Waals surface area contributed by atoms with Gasteiger partial charge >= 0.3 is 5.97 Å². The van der Waals surface area contributed by atoms with Crippen LogP contribution in [-0.4, -0.2) is 23.3 Å². The number of ether oxygens (including phenoxy) is 1. The second-order valence-corrected chi connectivity index (χ2v) is 6.52. The fraction of sp³-hybridized carbons (Fsp3) is 0.200. The van der Waals surface area contributed by atoms with Gasteiger partial charge in [0.1, 0.15) is 5.57 Å². The smallest absolute Gasteiger partial charge is 0.341 e. The number of carbonyl (C=O) groups excluding carboxylic acids is 2. The van der Waals surface area contributed by atoms with Gasteiger partial charge in [-0.2, -0.15) is 5.26 Å². The number of aromatic nitrogens is 1. The van der Waals surface area contributed by atoms with Gasteiger partial charge in [-0.1, -0.05) is 35.3 Å². The molecule has 0 spiro atoms. The van der Waals surface area contributed by atoms with Crippen LogP contribution in [0.3, 0.4) is 0 Å². The standard InChI is InChI=1S/C20H16Cl2N2O3/c1-13(25)18(9-14-3-2-7-24-12-14)20(26)27-8-6-15(11-23)17-5-4-16(21)10-19(17)22/h2-5,7,9-10,12,15H,6,8H2,1H3/b18-9-. The maximum atomic E-state index is 12.2. The Hall–Kier alpha value is -2.68. The monoisotopic (exact) mass is 402 g/mol. The number of halogens is 2. The lowest BCUT2D eigenvalue weighted by atomic mass is 9.97. The summed E-state index contributed by atoms with van der Waals surface area (Å²) >= 11 is 12.0. The molecule has 0 radical (unpaired) electrons. The Morgan fingerprint density at radius 3 is 2.70 bits per heavy atom. The largest absolute Gasteiger partial charge is 0.462 e. The summed E-state index contributed by atoms with van der Waals surface area (Å²) in [4.78, 5) is 28.0. The van der Waals surface area contributed by atoms with E-state index < -0.39 is 17.7 Å². The lowest BCUT2D eigenvalue weighted by Gasteiger charge is -2.12. The van der Waals surface area contributed by atoms with Crippen molar-refractivity contribution in [2.24, 2.45) is 0 Å². The van der Waals surface area contributed by atoms with Crippen molar-refractivity contribution in [2.45, 2.75) is 19.3 Å². The van der Waals surface area contributed by atoms with Gasteiger partial charge in [0.15, 0.2) is 5.78 Å². The molecule has 0 fully saturated rings. The van der Waals surface area contributed by atoms with Crippen LogP contribution in [-0.2, 0) is 14.3 Å². The molecule has 27 heavy (non-hydrogen) atoms. The molecular weight excluding hydrogens is 387 g/mol. The van der Waals surface area contributed by atoms with Gasteiger partial charge in [0.05, 0.1) is 18.6 Å². The molecule has 0 aliphatic rings. The normalized spacial score (nSPS) is 12.1. The molecule has 2 aromatic rings. The molecule has 0 amide bonds. The Balaban J connectivity index is 2.03. The van der Waals surface area contributed by atoms with Crippen LogP contribution in [0.25, 0.3) is 6.08 Å². The quantitative estimate of drug-likeness (QED) is 0.292. The molecule has 0 bridgehead atoms. The maximum absolute atomic E-state index is 12.2. The minimum atomic E-state index is -0.745. The van der Waals surface area contributed by atoms with Gasteiger partial charge in [-0.15, -0.1) is 0 Å². The number of pyridine rings is 1. The zero-order chi connectivity index (χ0) is 19.8. The Morgan fingerprint density at radius 1 is 1.33 bits per heavy atom. The van der Waals surface area contributed by atoms with Crippen molar-refractivity contribution >= 4 is 41.0 Å². The molecule has 5 nitrogen and oxygen atoms in total. The first-order valence-electron chi connectivity index (χ1n) is 8.06. The van der Waals surface area contributed by atoms with Crippen molar-refractivity contribution in [1.29, 1.82) is 5.26 Å². The molecule has 7 heteroatoms. The molecule has 0 saturated carbocycles. The number of hydrogen-bond donors (Lipinski definition) is 0. The Labute approximate surface area is 167 Å². The molecule has 1 aromatic heterocycles. The molecule has 0 aliphatic carbocycles. The number of esters is 1. The summed E-state index contributed by atoms with van der Waals surface area (Å²) in [5, 5.41) is 10.2. The first-order chi connectivity index (χ1) is 12.9. The average molecular weight is 403 g/mol. The van der Waals surface area contributed by atoms with Crippen molar-refractivity contribution in [3.63, 3.8) is 0 Å². The van der Waals surface area contributed by atoms with Crippen molar-refractivity contribution in [3.05, 3.63) is 69.5 Å². The molecule has 2 rings (SSSR count). The molecule has 0 aliphatic heterocycles. The predicted molar refractivity (Wildman–Crippen MR) is 103 cm³/mol. The van der Waals surface area contributed by atoms with Crippen molar-refractivity contribution in [3.8, 4) is 6.07 Å². The van der Waals surface area contributed by atoms with Gasteiger partial charge in [0.2, 0.25) is 0 Å². The van der Waals surface area contributed by atoms with E-state index in [-0.39, 0.29) is 18.6 Å². The van der Waals surface area contributed by atoms with E-state index in [1.807, 2.05) is 0 Å². The highest BCUT2D eigenvalue weighted by Gasteiger charge is 2.19. The van der Waals surface area contributed by atoms with E-state index in [1.54, 1.807) is 36.5 Å². The molecule has 138 valence electrons. The highest BCUT2D eigenvalue weighted by molar-refractivity contribution is 6.35. The van der Waals surface area contributed by atoms with E-state index in [1.165, 1.54) is 19.2 Å². The lowest BCUT2D eigenvalue weighted by molar-refractivity contribution is -0.140. The highest BCUT2D eigenvalue weighted by Crippen LogP contribution is 2.29. The van der Waals surface area contributed by atoms with Crippen LogP contribution in [0.1, 0.15) is 30.4 Å². The molecule has 0 saturated heterocycles. The molecule has 1 atom stereocenters. The number of hydrogen-bond acceptors (Lipinski definition) is 5. The number of nitrogens with zero attached hydrogens (tertiary/aromatic N) is 2. The zero-order valence-electron chi connectivity index (χ0n) is 14.5. The third kappa shape index (κ3) is 5.92. The van der Waals surface area contributed by atoms with Crippen LogP contribution in [0.2, 0.25) is 10.0 Å². The highest BCUT2D eigenvalue weighted by atomic mass is 35.5. The van der Waals surface area contributed by atoms with E-state index in [9.17, 15) is 14.9 Å². The van der Waals surface area contributed by atoms with Gasteiger partial charge < -0.3 is 4.74 Å². The minimum absolute atomic E-state index is 0.0341. The molecule has 0 N–H and O–H groups in total. The van der Waals surface area contributed by atoms with Gasteiger partial charge in [-0.05, 0) is 42.3 Å². The van der Waals surface area contributed by atoms with Crippen LogP contribution in [0.4, 0.5) is 0 Å². The van der Waals surface area contributed by atoms with Gasteiger partial charge in [-0.25, -0.2) is 4.79 Å². The van der Waals surface area contributed by atoms with Crippen molar-refractivity contribution < 1.29 is 14.3 Å². The third-order valence-electron chi connectivity index (χ3n) is 3.73. The number of rotatable bonds is 7. The topological polar surface area (TPSA) is 80.1 Å². The lowest BCUT2D eigenvalue weighted by Crippen LogP contribution is -2.15. The van der Waals surface area contributed by atoms with Crippen LogP contribution in [0.5, 0.6) is 0 Å². The second kappa shape index (κ2) is 9.86. The summed E-state index contributed by atoms with van der Waals surface area (Å²) in [6, 6.07) is 10.4. The number of carbonyl (C=O) groups is 2. The molecular formula is C20H16Cl2N2O3. The average Bonchev–Trinajstić information content (AvgIpc) is 2.64. The molecule has 1 aromatic carbocycles. The van der Waals surface area contributed by atoms with Gasteiger partial charge in [0.25, 0.3) is 0 Å². The van der Waals surface area contributed by atoms with Crippen LogP contribution >= 0.6 is 23.2 Å². The summed E-state index contributed by atoms with van der Waals surface area (Å²) < 4.78 is 5.19. The first kappa shape index (κ1) is 20.6. The number of nitriles is 1. The van der Waals surface area contributed by atoms with E-state index in [4.69, 9.17) is 27.9 Å². The summed E-state index contributed by atoms with van der Waals surface area (Å²) in [6.07, 6.45) is 4.79. The summed E-state index contributed by atoms with van der Waals surface area (Å²) in [5.74, 6) is -1.72. The van der Waals surface area contributed by atoms with E-state index in [2.05, 4.69) is 11.1 Å². The summed E-state index contributed by atoms with van der Waals surface area (Å²) in [7, 11) is 0. The van der Waals surface area contributed by atoms with Crippen LogP contribution < -0.4 is 0 Å². The molecule has 1 unspecified atom stereocenters. The van der Waals surface area contributed by atoms with E-state index in [0.717, 1.165) is 0 Å². The Morgan fingerprint density at radius 2 is 2.11 bits per heavy atom. The fourth-order valence-electron chi connectivity index (χ4n) is 2.35. The predicted octanol–water partition coefficient (Wildman–Crippen LogP) is 4.60. The SMILES string of the molecule is CC(=O)/C(=C/c1cccnc1)C(=O)OCCC(C#N)c1ccc(Cl)cc1Cl. The van der Waals surface area contributed by atoms with Gasteiger partial charge in [-0.3, -0.25) is 9.78 Å².